The number of primary amides is 1. The Morgan fingerprint density at radius 2 is 2.36 bits per heavy atom. The fraction of sp³-hybridized carbons (Fsp3) is 0.500. The molecule has 0 bridgehead atoms. The van der Waals surface area contributed by atoms with Crippen molar-refractivity contribution in [3.63, 3.8) is 0 Å². The summed E-state index contributed by atoms with van der Waals surface area (Å²) in [4.78, 5) is 10.7. The van der Waals surface area contributed by atoms with Gasteiger partial charge >= 0.3 is 0 Å². The standard InChI is InChI=1S/C6H11NO3S/c1-3-6(4-2,5(7)8)11(9)10/h3H,1,4H2,2H3,(H2,7,8)(H,9,10). The first-order chi connectivity index (χ1) is 5.01. The second-order valence-corrected chi connectivity index (χ2v) is 3.29. The number of rotatable bonds is 4. The molecule has 0 aromatic heterocycles. The van der Waals surface area contributed by atoms with Crippen molar-refractivity contribution in [1.82, 2.24) is 0 Å². The zero-order chi connectivity index (χ0) is 9.07. The van der Waals surface area contributed by atoms with Crippen molar-refractivity contribution < 1.29 is 13.6 Å². The summed E-state index contributed by atoms with van der Waals surface area (Å²) < 4.78 is 17.9. The first-order valence-electron chi connectivity index (χ1n) is 3.05. The Kier molecular flexibility index (Phi) is 3.41. The molecule has 2 atom stereocenters. The largest absolute Gasteiger partial charge is 0.368 e. The van der Waals surface area contributed by atoms with Crippen LogP contribution in [0, 0.1) is 0 Å². The van der Waals surface area contributed by atoms with E-state index in [0.29, 0.717) is 0 Å². The Balaban J connectivity index is 4.91. The third kappa shape index (κ3) is 1.66. The van der Waals surface area contributed by atoms with Crippen LogP contribution in [0.4, 0.5) is 0 Å². The smallest absolute Gasteiger partial charge is 0.242 e. The normalized spacial score (nSPS) is 18.4. The predicted octanol–water partition coefficient (Wildman–Crippen LogP) is 0.0282. The first kappa shape index (κ1) is 10.3. The molecule has 0 aromatic rings. The van der Waals surface area contributed by atoms with Crippen molar-refractivity contribution in [2.24, 2.45) is 5.73 Å². The van der Waals surface area contributed by atoms with Crippen LogP contribution in [0.1, 0.15) is 13.3 Å². The molecule has 0 aliphatic heterocycles. The highest BCUT2D eigenvalue weighted by Gasteiger charge is 2.37. The molecule has 0 aliphatic carbocycles. The number of hydrogen-bond acceptors (Lipinski definition) is 2. The van der Waals surface area contributed by atoms with E-state index in [4.69, 9.17) is 10.3 Å². The average molecular weight is 177 g/mol. The summed E-state index contributed by atoms with van der Waals surface area (Å²) in [5.74, 6) is -0.823. The number of nitrogens with two attached hydrogens (primary N) is 1. The van der Waals surface area contributed by atoms with Crippen LogP contribution < -0.4 is 5.73 Å². The number of hydrogen-bond donors (Lipinski definition) is 2. The number of amides is 1. The summed E-state index contributed by atoms with van der Waals surface area (Å²) in [5.41, 5.74) is 4.93. The summed E-state index contributed by atoms with van der Waals surface area (Å²) in [6.45, 7) is 4.89. The lowest BCUT2D eigenvalue weighted by Crippen LogP contribution is -2.45. The van der Waals surface area contributed by atoms with Crippen LogP contribution in [-0.2, 0) is 15.9 Å². The Morgan fingerprint density at radius 1 is 1.91 bits per heavy atom. The molecule has 64 valence electrons. The van der Waals surface area contributed by atoms with Gasteiger partial charge in [0.15, 0.2) is 15.8 Å². The van der Waals surface area contributed by atoms with E-state index in [-0.39, 0.29) is 6.42 Å². The quantitative estimate of drug-likeness (QED) is 0.469. The second-order valence-electron chi connectivity index (χ2n) is 2.06. The minimum atomic E-state index is -2.28. The molecule has 3 N–H and O–H groups in total. The average Bonchev–Trinajstić information content (AvgIpc) is 1.90. The van der Waals surface area contributed by atoms with Gasteiger partial charge in [0.25, 0.3) is 0 Å². The van der Waals surface area contributed by atoms with E-state index in [2.05, 4.69) is 6.58 Å². The van der Waals surface area contributed by atoms with Gasteiger partial charge in [-0.1, -0.05) is 13.0 Å². The van der Waals surface area contributed by atoms with Gasteiger partial charge in [0.2, 0.25) is 5.91 Å². The van der Waals surface area contributed by atoms with Gasteiger partial charge in [-0.25, -0.2) is 4.21 Å². The van der Waals surface area contributed by atoms with E-state index in [0.717, 1.165) is 6.08 Å². The minimum absolute atomic E-state index is 0.176. The molecule has 0 spiro atoms. The molecular formula is C6H11NO3S. The van der Waals surface area contributed by atoms with E-state index in [9.17, 15) is 9.00 Å². The van der Waals surface area contributed by atoms with Crippen LogP contribution in [0.5, 0.6) is 0 Å². The molecule has 1 amide bonds. The van der Waals surface area contributed by atoms with E-state index in [1.807, 2.05) is 0 Å². The van der Waals surface area contributed by atoms with Crippen molar-refractivity contribution in [1.29, 1.82) is 0 Å². The maximum Gasteiger partial charge on any atom is 0.242 e. The number of carbonyl (C=O) groups is 1. The molecule has 0 heterocycles. The maximum absolute atomic E-state index is 10.7. The maximum atomic E-state index is 10.7. The van der Waals surface area contributed by atoms with Gasteiger partial charge in [-0.3, -0.25) is 4.79 Å². The van der Waals surface area contributed by atoms with Crippen molar-refractivity contribution >= 4 is 17.0 Å². The molecule has 0 saturated heterocycles. The zero-order valence-corrected chi connectivity index (χ0v) is 7.06. The van der Waals surface area contributed by atoms with Gasteiger partial charge in [-0.2, -0.15) is 0 Å². The molecule has 11 heavy (non-hydrogen) atoms. The highest BCUT2D eigenvalue weighted by molar-refractivity contribution is 7.81. The van der Waals surface area contributed by atoms with Crippen LogP contribution in [0.15, 0.2) is 12.7 Å². The predicted molar refractivity (Wildman–Crippen MR) is 43.2 cm³/mol. The van der Waals surface area contributed by atoms with E-state index >= 15 is 0 Å². The fourth-order valence-corrected chi connectivity index (χ4v) is 1.26. The van der Waals surface area contributed by atoms with Crippen LogP contribution in [0.3, 0.4) is 0 Å². The first-order valence-corrected chi connectivity index (χ1v) is 4.16. The number of carbonyl (C=O) groups excluding carboxylic acids is 1. The van der Waals surface area contributed by atoms with Gasteiger partial charge in [0.1, 0.15) is 0 Å². The summed E-state index contributed by atoms with van der Waals surface area (Å²) in [6, 6.07) is 0. The molecule has 0 saturated carbocycles. The molecule has 0 rings (SSSR count). The van der Waals surface area contributed by atoms with E-state index in [1.165, 1.54) is 0 Å². The lowest BCUT2D eigenvalue weighted by atomic mass is 10.1. The van der Waals surface area contributed by atoms with E-state index in [1.54, 1.807) is 6.92 Å². The van der Waals surface area contributed by atoms with Crippen molar-refractivity contribution in [2.45, 2.75) is 18.1 Å². The van der Waals surface area contributed by atoms with Crippen LogP contribution in [-0.4, -0.2) is 19.4 Å². The summed E-state index contributed by atoms with van der Waals surface area (Å²) in [7, 11) is 0. The summed E-state index contributed by atoms with van der Waals surface area (Å²) in [6.07, 6.45) is 1.29. The molecule has 0 fully saturated rings. The molecule has 0 radical (unpaired) electrons. The highest BCUT2D eigenvalue weighted by Crippen LogP contribution is 2.18. The molecule has 2 unspecified atom stereocenters. The Bertz CT molecular complexity index is 188. The summed E-state index contributed by atoms with van der Waals surface area (Å²) in [5, 5.41) is 0. The van der Waals surface area contributed by atoms with Crippen molar-refractivity contribution in [2.75, 3.05) is 0 Å². The second kappa shape index (κ2) is 3.64. The van der Waals surface area contributed by atoms with Crippen molar-refractivity contribution in [3.05, 3.63) is 12.7 Å². The Labute approximate surface area is 67.8 Å². The Hall–Kier alpha value is -0.680. The van der Waals surface area contributed by atoms with Gasteiger partial charge in [-0.15, -0.1) is 6.58 Å². The SMILES string of the molecule is C=CC(CC)(C(N)=O)S(=O)O. The Morgan fingerprint density at radius 3 is 2.36 bits per heavy atom. The monoisotopic (exact) mass is 177 g/mol. The molecule has 4 nitrogen and oxygen atoms in total. The van der Waals surface area contributed by atoms with E-state index < -0.39 is 21.7 Å². The molecule has 5 heteroatoms. The van der Waals surface area contributed by atoms with Gasteiger partial charge < -0.3 is 10.3 Å². The molecular weight excluding hydrogens is 166 g/mol. The van der Waals surface area contributed by atoms with Crippen LogP contribution in [0.2, 0.25) is 0 Å². The molecule has 0 aliphatic rings. The van der Waals surface area contributed by atoms with Crippen LogP contribution >= 0.6 is 0 Å². The zero-order valence-electron chi connectivity index (χ0n) is 6.24. The fourth-order valence-electron chi connectivity index (χ4n) is 0.700. The molecule has 0 aromatic carbocycles. The summed E-state index contributed by atoms with van der Waals surface area (Å²) >= 11 is -2.28. The van der Waals surface area contributed by atoms with Crippen molar-refractivity contribution in [3.8, 4) is 0 Å². The van der Waals surface area contributed by atoms with Gasteiger partial charge in [0.05, 0.1) is 0 Å². The lowest BCUT2D eigenvalue weighted by Gasteiger charge is -2.19. The van der Waals surface area contributed by atoms with Crippen LogP contribution in [0.25, 0.3) is 0 Å². The minimum Gasteiger partial charge on any atom is -0.368 e. The lowest BCUT2D eigenvalue weighted by molar-refractivity contribution is -0.119. The van der Waals surface area contributed by atoms with Gasteiger partial charge in [0, 0.05) is 0 Å². The van der Waals surface area contributed by atoms with Gasteiger partial charge in [-0.05, 0) is 6.42 Å². The third-order valence-corrected chi connectivity index (χ3v) is 2.86. The third-order valence-electron chi connectivity index (χ3n) is 1.58. The topological polar surface area (TPSA) is 80.4 Å². The highest BCUT2D eigenvalue weighted by atomic mass is 32.2.